The summed E-state index contributed by atoms with van der Waals surface area (Å²) in [5.41, 5.74) is 0.552. The molecule has 0 aromatic heterocycles. The molecule has 2 amide bonds. The average molecular weight is 497 g/mol. The van der Waals surface area contributed by atoms with Crippen molar-refractivity contribution in [1.82, 2.24) is 15.1 Å². The van der Waals surface area contributed by atoms with Crippen LogP contribution in [0.15, 0.2) is 24.3 Å². The number of rotatable bonds is 7. The molecular weight excluding hydrogens is 457 g/mol. The lowest BCUT2D eigenvalue weighted by atomic mass is 9.79. The minimum atomic E-state index is -0.675. The van der Waals surface area contributed by atoms with Gasteiger partial charge in [0.2, 0.25) is 11.8 Å². The third-order valence-electron chi connectivity index (χ3n) is 7.84. The Bertz CT molecular complexity index is 787. The van der Waals surface area contributed by atoms with Gasteiger partial charge in [0.25, 0.3) is 0 Å². The number of hydrogen-bond acceptors (Lipinski definition) is 3. The van der Waals surface area contributed by atoms with Crippen LogP contribution < -0.4 is 5.32 Å². The molecule has 5 nitrogen and oxygen atoms in total. The number of piperidine rings is 1. The summed E-state index contributed by atoms with van der Waals surface area (Å²) >= 11 is 6.02. The van der Waals surface area contributed by atoms with Crippen LogP contribution in [0, 0.1) is 5.92 Å². The molecule has 3 aliphatic rings. The van der Waals surface area contributed by atoms with E-state index in [9.17, 15) is 9.59 Å². The maximum Gasteiger partial charge on any atom is 0.246 e. The maximum absolute atomic E-state index is 13.6. The lowest BCUT2D eigenvalue weighted by Crippen LogP contribution is -2.73. The number of likely N-dealkylation sites (tertiary alicyclic amines) is 1. The van der Waals surface area contributed by atoms with Gasteiger partial charge in [-0.2, -0.15) is 0 Å². The zero-order valence-corrected chi connectivity index (χ0v) is 21.4. The second kappa shape index (κ2) is 11.9. The van der Waals surface area contributed by atoms with Crippen LogP contribution in [-0.4, -0.2) is 52.8 Å². The molecule has 0 unspecified atom stereocenters. The predicted octanol–water partition coefficient (Wildman–Crippen LogP) is 5.19. The Morgan fingerprint density at radius 2 is 1.73 bits per heavy atom. The molecule has 1 saturated carbocycles. The second-order valence-corrected chi connectivity index (χ2v) is 10.5. The van der Waals surface area contributed by atoms with Gasteiger partial charge in [0, 0.05) is 31.2 Å². The molecule has 4 rings (SSSR count). The number of nitrogens with zero attached hydrogens (tertiary/aromatic N) is 2. The minimum Gasteiger partial charge on any atom is -0.342 e. The van der Waals surface area contributed by atoms with Gasteiger partial charge < -0.3 is 10.2 Å². The SMILES string of the molecule is CCCCN1C(=O)[C@H](CC2CCCCC2)NC(=O)C12CCN(Cc1ccc(Cl)cc1)CC2.Cl. The molecule has 184 valence electrons. The minimum absolute atomic E-state index is 0. The molecule has 2 aliphatic heterocycles. The molecule has 1 N–H and O–H groups in total. The van der Waals surface area contributed by atoms with E-state index in [1.807, 2.05) is 17.0 Å². The largest absolute Gasteiger partial charge is 0.342 e. The Kier molecular flexibility index (Phi) is 9.49. The third-order valence-corrected chi connectivity index (χ3v) is 8.09. The fourth-order valence-electron chi connectivity index (χ4n) is 5.86. The molecule has 1 aromatic rings. The number of hydrogen-bond donors (Lipinski definition) is 1. The highest BCUT2D eigenvalue weighted by Gasteiger charge is 2.53. The van der Waals surface area contributed by atoms with Crippen molar-refractivity contribution in [2.24, 2.45) is 5.92 Å². The van der Waals surface area contributed by atoms with E-state index in [0.29, 0.717) is 25.3 Å². The average Bonchev–Trinajstić information content (AvgIpc) is 2.81. The van der Waals surface area contributed by atoms with Gasteiger partial charge in [-0.15, -0.1) is 12.4 Å². The van der Waals surface area contributed by atoms with Crippen LogP contribution in [0.1, 0.15) is 76.7 Å². The number of amides is 2. The zero-order valence-electron chi connectivity index (χ0n) is 19.9. The fourth-order valence-corrected chi connectivity index (χ4v) is 5.98. The highest BCUT2D eigenvalue weighted by Crippen LogP contribution is 2.36. The summed E-state index contributed by atoms with van der Waals surface area (Å²) in [6.07, 6.45) is 10.4. The molecule has 0 bridgehead atoms. The van der Waals surface area contributed by atoms with Crippen molar-refractivity contribution >= 4 is 35.8 Å². The number of carbonyl (C=O) groups excluding carboxylic acids is 2. The summed E-state index contributed by atoms with van der Waals surface area (Å²) in [6.45, 7) is 5.33. The molecule has 1 spiro atoms. The van der Waals surface area contributed by atoms with Crippen LogP contribution in [-0.2, 0) is 16.1 Å². The Hall–Kier alpha value is -1.30. The second-order valence-electron chi connectivity index (χ2n) is 10.0. The number of carbonyl (C=O) groups is 2. The smallest absolute Gasteiger partial charge is 0.246 e. The Morgan fingerprint density at radius 1 is 1.06 bits per heavy atom. The van der Waals surface area contributed by atoms with E-state index in [2.05, 4.69) is 29.3 Å². The van der Waals surface area contributed by atoms with E-state index < -0.39 is 5.54 Å². The normalized spacial score (nSPS) is 23.9. The molecular formula is C26H39Cl2N3O2. The van der Waals surface area contributed by atoms with Crippen molar-refractivity contribution in [3.05, 3.63) is 34.9 Å². The van der Waals surface area contributed by atoms with Gasteiger partial charge in [0.15, 0.2) is 0 Å². The number of benzene rings is 1. The predicted molar refractivity (Wildman–Crippen MR) is 136 cm³/mol. The van der Waals surface area contributed by atoms with Gasteiger partial charge in [-0.05, 0) is 49.3 Å². The third kappa shape index (κ3) is 6.04. The van der Waals surface area contributed by atoms with Crippen molar-refractivity contribution in [3.63, 3.8) is 0 Å². The topological polar surface area (TPSA) is 52.7 Å². The van der Waals surface area contributed by atoms with E-state index in [1.54, 1.807) is 0 Å². The van der Waals surface area contributed by atoms with E-state index in [1.165, 1.54) is 37.7 Å². The highest BCUT2D eigenvalue weighted by atomic mass is 35.5. The van der Waals surface area contributed by atoms with Crippen LogP contribution >= 0.6 is 24.0 Å². The van der Waals surface area contributed by atoms with Crippen LogP contribution in [0.3, 0.4) is 0 Å². The highest BCUT2D eigenvalue weighted by molar-refractivity contribution is 6.30. The number of halogens is 2. The molecule has 1 aromatic carbocycles. The van der Waals surface area contributed by atoms with Gasteiger partial charge in [-0.1, -0.05) is 69.2 Å². The van der Waals surface area contributed by atoms with Crippen LogP contribution in [0.5, 0.6) is 0 Å². The molecule has 33 heavy (non-hydrogen) atoms. The number of nitrogens with one attached hydrogen (secondary N) is 1. The van der Waals surface area contributed by atoms with Gasteiger partial charge in [-0.3, -0.25) is 14.5 Å². The monoisotopic (exact) mass is 495 g/mol. The van der Waals surface area contributed by atoms with Crippen LogP contribution in [0.4, 0.5) is 0 Å². The summed E-state index contributed by atoms with van der Waals surface area (Å²) in [7, 11) is 0. The molecule has 0 radical (unpaired) electrons. The molecule has 3 fully saturated rings. The Balaban J connectivity index is 0.00000306. The van der Waals surface area contributed by atoms with E-state index >= 15 is 0 Å². The first-order chi connectivity index (χ1) is 15.5. The fraction of sp³-hybridized carbons (Fsp3) is 0.692. The van der Waals surface area contributed by atoms with Gasteiger partial charge >= 0.3 is 0 Å². The van der Waals surface area contributed by atoms with Gasteiger partial charge in [-0.25, -0.2) is 0 Å². The zero-order chi connectivity index (χ0) is 22.6. The van der Waals surface area contributed by atoms with Crippen molar-refractivity contribution in [3.8, 4) is 0 Å². The summed E-state index contributed by atoms with van der Waals surface area (Å²) in [4.78, 5) is 31.5. The molecule has 1 aliphatic carbocycles. The first-order valence-corrected chi connectivity index (χ1v) is 13.0. The summed E-state index contributed by atoms with van der Waals surface area (Å²) in [5, 5.41) is 3.94. The van der Waals surface area contributed by atoms with E-state index in [0.717, 1.165) is 43.9 Å². The number of piperazine rings is 1. The van der Waals surface area contributed by atoms with Crippen molar-refractivity contribution < 1.29 is 9.59 Å². The molecule has 7 heteroatoms. The van der Waals surface area contributed by atoms with E-state index in [-0.39, 0.29) is 30.3 Å². The molecule has 1 atom stereocenters. The number of unbranched alkanes of at least 4 members (excludes halogenated alkanes) is 1. The van der Waals surface area contributed by atoms with Crippen molar-refractivity contribution in [2.45, 2.75) is 89.3 Å². The first kappa shape index (κ1) is 26.3. The van der Waals surface area contributed by atoms with Gasteiger partial charge in [0.1, 0.15) is 11.6 Å². The Morgan fingerprint density at radius 3 is 2.36 bits per heavy atom. The lowest BCUT2D eigenvalue weighted by Gasteiger charge is -2.52. The summed E-state index contributed by atoms with van der Waals surface area (Å²) < 4.78 is 0. The molecule has 2 saturated heterocycles. The standard InChI is InChI=1S/C26H38ClN3O2.ClH/c1-2-3-15-30-24(31)23(18-20-7-5-4-6-8-20)28-25(32)26(30)13-16-29(17-14-26)19-21-9-11-22(27)12-10-21;/h9-12,20,23H,2-8,13-19H2,1H3,(H,28,32);1H/t23-;/m0./s1. The Labute approximate surface area is 210 Å². The lowest BCUT2D eigenvalue weighted by molar-refractivity contribution is -0.162. The van der Waals surface area contributed by atoms with Crippen molar-refractivity contribution in [1.29, 1.82) is 0 Å². The van der Waals surface area contributed by atoms with Gasteiger partial charge in [0.05, 0.1) is 0 Å². The summed E-state index contributed by atoms with van der Waals surface area (Å²) in [6, 6.07) is 7.64. The van der Waals surface area contributed by atoms with Crippen molar-refractivity contribution in [2.75, 3.05) is 19.6 Å². The maximum atomic E-state index is 13.6. The summed E-state index contributed by atoms with van der Waals surface area (Å²) in [5.74, 6) is 0.816. The first-order valence-electron chi connectivity index (χ1n) is 12.6. The molecule has 2 heterocycles. The van der Waals surface area contributed by atoms with Crippen LogP contribution in [0.25, 0.3) is 0 Å². The van der Waals surface area contributed by atoms with Crippen LogP contribution in [0.2, 0.25) is 5.02 Å². The quantitative estimate of drug-likeness (QED) is 0.565. The van der Waals surface area contributed by atoms with E-state index in [4.69, 9.17) is 11.6 Å².